The third kappa shape index (κ3) is 5.60. The van der Waals surface area contributed by atoms with Gasteiger partial charge in [-0.05, 0) is 49.2 Å². The van der Waals surface area contributed by atoms with Gasteiger partial charge in [-0.15, -0.1) is 0 Å². The summed E-state index contributed by atoms with van der Waals surface area (Å²) in [5, 5.41) is 7.05. The maximum Gasteiger partial charge on any atom is 0.243 e. The Hall–Kier alpha value is -3.50. The second-order valence-electron chi connectivity index (χ2n) is 8.57. The average Bonchev–Trinajstić information content (AvgIpc) is 3.39. The van der Waals surface area contributed by atoms with Crippen molar-refractivity contribution in [2.45, 2.75) is 31.6 Å². The molecule has 0 unspecified atom stereocenters. The van der Waals surface area contributed by atoms with Crippen LogP contribution in [-0.4, -0.2) is 65.4 Å². The van der Waals surface area contributed by atoms with E-state index in [0.717, 1.165) is 11.3 Å². The predicted molar refractivity (Wildman–Crippen MR) is 133 cm³/mol. The van der Waals surface area contributed by atoms with Crippen LogP contribution >= 0.6 is 0 Å². The van der Waals surface area contributed by atoms with Crippen LogP contribution in [-0.2, 0) is 19.6 Å². The summed E-state index contributed by atoms with van der Waals surface area (Å²) in [5.41, 5.74) is 2.93. The van der Waals surface area contributed by atoms with Gasteiger partial charge in [-0.2, -0.15) is 9.40 Å². The first-order valence-corrected chi connectivity index (χ1v) is 12.9. The van der Waals surface area contributed by atoms with Gasteiger partial charge in [-0.25, -0.2) is 13.1 Å². The van der Waals surface area contributed by atoms with Crippen LogP contribution in [0.15, 0.2) is 65.8 Å². The summed E-state index contributed by atoms with van der Waals surface area (Å²) in [7, 11) is -3.62. The molecule has 184 valence electrons. The topological polar surface area (TPSA) is 105 Å². The van der Waals surface area contributed by atoms with Crippen molar-refractivity contribution in [3.05, 3.63) is 72.1 Å². The number of aromatic nitrogens is 2. The van der Waals surface area contributed by atoms with Gasteiger partial charge in [0.15, 0.2) is 0 Å². The number of hydrogen-bond donors (Lipinski definition) is 1. The minimum absolute atomic E-state index is 0.0350. The van der Waals surface area contributed by atoms with Crippen LogP contribution in [0.5, 0.6) is 0 Å². The van der Waals surface area contributed by atoms with Crippen LogP contribution in [0.2, 0.25) is 0 Å². The van der Waals surface area contributed by atoms with E-state index in [1.54, 1.807) is 53.2 Å². The monoisotopic (exact) mass is 495 g/mol. The molecule has 1 aliphatic heterocycles. The molecule has 4 rings (SSSR count). The first kappa shape index (κ1) is 24.6. The van der Waals surface area contributed by atoms with E-state index in [1.807, 2.05) is 31.2 Å². The van der Waals surface area contributed by atoms with Crippen molar-refractivity contribution in [1.29, 1.82) is 0 Å². The van der Waals surface area contributed by atoms with Gasteiger partial charge in [0.1, 0.15) is 0 Å². The average molecular weight is 496 g/mol. The fourth-order valence-corrected chi connectivity index (χ4v) is 5.82. The molecule has 0 aliphatic carbocycles. The van der Waals surface area contributed by atoms with Gasteiger partial charge < -0.3 is 10.2 Å². The van der Waals surface area contributed by atoms with Crippen molar-refractivity contribution in [3.63, 3.8) is 0 Å². The zero-order chi connectivity index (χ0) is 25.0. The van der Waals surface area contributed by atoms with Gasteiger partial charge in [-0.1, -0.05) is 24.3 Å². The smallest absolute Gasteiger partial charge is 0.243 e. The summed E-state index contributed by atoms with van der Waals surface area (Å²) in [4.78, 5) is 27.2. The highest BCUT2D eigenvalue weighted by molar-refractivity contribution is 7.89. The molecule has 0 saturated carbocycles. The van der Waals surface area contributed by atoms with Gasteiger partial charge in [0.05, 0.1) is 16.3 Å². The largest absolute Gasteiger partial charge is 0.340 e. The van der Waals surface area contributed by atoms with E-state index in [9.17, 15) is 18.0 Å². The first-order valence-electron chi connectivity index (χ1n) is 11.5. The lowest BCUT2D eigenvalue weighted by atomic mass is 10.2. The molecule has 1 aromatic heterocycles. The summed E-state index contributed by atoms with van der Waals surface area (Å²) < 4.78 is 29.3. The number of piperazine rings is 1. The number of para-hydroxylation sites is 2. The lowest BCUT2D eigenvalue weighted by Gasteiger charge is -2.34. The van der Waals surface area contributed by atoms with Crippen molar-refractivity contribution < 1.29 is 18.0 Å². The Morgan fingerprint density at radius 3 is 2.43 bits per heavy atom. The minimum atomic E-state index is -3.62. The van der Waals surface area contributed by atoms with Crippen molar-refractivity contribution in [3.8, 4) is 5.69 Å². The fraction of sp³-hybridized carbons (Fsp3) is 0.320. The number of hydrogen-bond acceptors (Lipinski definition) is 5. The molecule has 10 heteroatoms. The number of carbonyl (C=O) groups is 2. The van der Waals surface area contributed by atoms with E-state index in [1.165, 1.54) is 4.31 Å². The maximum absolute atomic E-state index is 13.1. The molecule has 1 fully saturated rings. The minimum Gasteiger partial charge on any atom is -0.340 e. The third-order valence-electron chi connectivity index (χ3n) is 6.05. The summed E-state index contributed by atoms with van der Waals surface area (Å²) in [6, 6.07) is 14.5. The standard InChI is InChI=1S/C25H29N5O4S/c1-19-8-9-20(2)23(18-19)35(33,34)29-16-14-28(15-17-29)25(32)11-10-24(31)27-21-6-3-4-7-22(21)30-13-5-12-26-30/h3-9,12-13,18H,10-11,14-17H2,1-2H3,(H,27,31). The first-order chi connectivity index (χ1) is 16.8. The maximum atomic E-state index is 13.1. The predicted octanol–water partition coefficient (Wildman–Crippen LogP) is 2.74. The van der Waals surface area contributed by atoms with Crippen molar-refractivity contribution >= 4 is 27.5 Å². The molecular formula is C25H29N5O4S. The van der Waals surface area contributed by atoms with Gasteiger partial charge >= 0.3 is 0 Å². The number of rotatable bonds is 7. The van der Waals surface area contributed by atoms with Gasteiger partial charge in [0, 0.05) is 51.4 Å². The van der Waals surface area contributed by atoms with Gasteiger partial charge in [0.25, 0.3) is 0 Å². The number of anilines is 1. The molecule has 1 aliphatic rings. The molecule has 2 amide bonds. The zero-order valence-electron chi connectivity index (χ0n) is 19.8. The molecule has 2 aromatic carbocycles. The molecule has 0 spiro atoms. The van der Waals surface area contributed by atoms with Crippen LogP contribution in [0, 0.1) is 13.8 Å². The SMILES string of the molecule is Cc1ccc(C)c(S(=O)(=O)N2CCN(C(=O)CCC(=O)Nc3ccccc3-n3cccn3)CC2)c1. The summed E-state index contributed by atoms with van der Waals surface area (Å²) in [6.07, 6.45) is 3.53. The quantitative estimate of drug-likeness (QED) is 0.543. The molecule has 0 bridgehead atoms. The van der Waals surface area contributed by atoms with Crippen LogP contribution in [0.4, 0.5) is 5.69 Å². The van der Waals surface area contributed by atoms with Gasteiger partial charge in [0.2, 0.25) is 21.8 Å². The lowest BCUT2D eigenvalue weighted by Crippen LogP contribution is -2.50. The normalized spacial score (nSPS) is 14.6. The molecule has 9 nitrogen and oxygen atoms in total. The van der Waals surface area contributed by atoms with Crippen molar-refractivity contribution in [1.82, 2.24) is 19.0 Å². The highest BCUT2D eigenvalue weighted by Crippen LogP contribution is 2.23. The van der Waals surface area contributed by atoms with E-state index in [0.29, 0.717) is 29.2 Å². The molecule has 1 saturated heterocycles. The number of sulfonamides is 1. The second kappa shape index (κ2) is 10.4. The third-order valence-corrected chi connectivity index (χ3v) is 8.09. The van der Waals surface area contributed by atoms with Crippen LogP contribution < -0.4 is 5.32 Å². The highest BCUT2D eigenvalue weighted by atomic mass is 32.2. The van der Waals surface area contributed by atoms with Crippen LogP contribution in [0.1, 0.15) is 24.0 Å². The summed E-state index contributed by atoms with van der Waals surface area (Å²) >= 11 is 0. The van der Waals surface area contributed by atoms with E-state index in [4.69, 9.17) is 0 Å². The highest BCUT2D eigenvalue weighted by Gasteiger charge is 2.31. The van der Waals surface area contributed by atoms with Gasteiger partial charge in [-0.3, -0.25) is 9.59 Å². The molecular weight excluding hydrogens is 466 g/mol. The Morgan fingerprint density at radius 1 is 0.971 bits per heavy atom. The van der Waals surface area contributed by atoms with E-state index >= 15 is 0 Å². The Bertz CT molecular complexity index is 1310. The van der Waals surface area contributed by atoms with Crippen molar-refractivity contribution in [2.75, 3.05) is 31.5 Å². The number of amides is 2. The molecule has 2 heterocycles. The molecule has 0 radical (unpaired) electrons. The van der Waals surface area contributed by atoms with E-state index in [-0.39, 0.29) is 37.7 Å². The Kier molecular flexibility index (Phi) is 7.32. The van der Waals surface area contributed by atoms with E-state index < -0.39 is 10.0 Å². The Balaban J connectivity index is 1.30. The number of nitrogens with one attached hydrogen (secondary N) is 1. The van der Waals surface area contributed by atoms with E-state index in [2.05, 4.69) is 10.4 Å². The van der Waals surface area contributed by atoms with Crippen LogP contribution in [0.3, 0.4) is 0 Å². The van der Waals surface area contributed by atoms with Crippen LogP contribution in [0.25, 0.3) is 5.69 Å². The molecule has 1 N–H and O–H groups in total. The Labute approximate surface area is 205 Å². The molecule has 0 atom stereocenters. The Morgan fingerprint density at radius 2 is 1.71 bits per heavy atom. The molecule has 3 aromatic rings. The molecule has 35 heavy (non-hydrogen) atoms. The second-order valence-corrected chi connectivity index (χ2v) is 10.5. The zero-order valence-corrected chi connectivity index (χ0v) is 20.7. The number of nitrogens with zero attached hydrogens (tertiary/aromatic N) is 4. The summed E-state index contributed by atoms with van der Waals surface area (Å²) in [5.74, 6) is -0.432. The fourth-order valence-electron chi connectivity index (χ4n) is 4.08. The number of carbonyl (C=O) groups excluding carboxylic acids is 2. The lowest BCUT2D eigenvalue weighted by molar-refractivity contribution is -0.133. The van der Waals surface area contributed by atoms with Crippen molar-refractivity contribution in [2.24, 2.45) is 0 Å². The summed E-state index contributed by atoms with van der Waals surface area (Å²) in [6.45, 7) is 4.70. The number of benzene rings is 2. The number of aryl methyl sites for hydroxylation is 2.